The summed E-state index contributed by atoms with van der Waals surface area (Å²) in [6.07, 6.45) is 1.67. The Morgan fingerprint density at radius 2 is 2.44 bits per heavy atom. The highest BCUT2D eigenvalue weighted by molar-refractivity contribution is 9.10. The number of rotatable bonds is 3. The number of morpholine rings is 1. The van der Waals surface area contributed by atoms with Crippen molar-refractivity contribution in [3.8, 4) is 5.88 Å². The average Bonchev–Trinajstić information content (AvgIpc) is 2.26. The predicted molar refractivity (Wildman–Crippen MR) is 74.3 cm³/mol. The first-order chi connectivity index (χ1) is 8.46. The first-order valence-corrected chi connectivity index (χ1v) is 6.96. The summed E-state index contributed by atoms with van der Waals surface area (Å²) in [5, 5.41) is 3.81. The molecule has 2 heterocycles. The fourth-order valence-corrected chi connectivity index (χ4v) is 2.53. The summed E-state index contributed by atoms with van der Waals surface area (Å²) in [6, 6.07) is 1.76. The summed E-state index contributed by atoms with van der Waals surface area (Å²) in [6.45, 7) is 6.16. The van der Waals surface area contributed by atoms with E-state index < -0.39 is 0 Å². The Labute approximate surface area is 120 Å². The van der Waals surface area contributed by atoms with Gasteiger partial charge in [-0.3, -0.25) is 0 Å². The van der Waals surface area contributed by atoms with Crippen LogP contribution >= 0.6 is 27.5 Å². The monoisotopic (exact) mass is 334 g/mol. The van der Waals surface area contributed by atoms with Gasteiger partial charge in [0.05, 0.1) is 5.60 Å². The number of aromatic nitrogens is 1. The van der Waals surface area contributed by atoms with Gasteiger partial charge in [-0.05, 0) is 35.8 Å². The molecule has 1 N–H and O–H groups in total. The lowest BCUT2D eigenvalue weighted by Crippen LogP contribution is -2.52. The van der Waals surface area contributed by atoms with Crippen LogP contribution in [0.3, 0.4) is 0 Å². The van der Waals surface area contributed by atoms with Gasteiger partial charge in [-0.2, -0.15) is 0 Å². The van der Waals surface area contributed by atoms with Crippen molar-refractivity contribution < 1.29 is 9.47 Å². The third-order valence-corrected chi connectivity index (χ3v) is 3.29. The molecule has 18 heavy (non-hydrogen) atoms. The molecule has 0 aromatic carbocycles. The van der Waals surface area contributed by atoms with E-state index in [9.17, 15) is 0 Å². The SMILES string of the molecule is CC1(C)CNCC(COc2ncc(Br)cc2Cl)O1. The molecule has 2 rings (SSSR count). The van der Waals surface area contributed by atoms with Gasteiger partial charge in [0.15, 0.2) is 0 Å². The topological polar surface area (TPSA) is 43.4 Å². The van der Waals surface area contributed by atoms with Gasteiger partial charge in [0.2, 0.25) is 5.88 Å². The van der Waals surface area contributed by atoms with E-state index in [1.54, 1.807) is 12.3 Å². The second-order valence-corrected chi connectivity index (χ2v) is 6.20. The highest BCUT2D eigenvalue weighted by Crippen LogP contribution is 2.25. The molecule has 1 atom stereocenters. The Morgan fingerprint density at radius 3 is 3.11 bits per heavy atom. The molecule has 1 fully saturated rings. The fourth-order valence-electron chi connectivity index (χ4n) is 1.84. The van der Waals surface area contributed by atoms with Crippen LogP contribution in [-0.2, 0) is 4.74 Å². The van der Waals surface area contributed by atoms with Gasteiger partial charge in [-0.25, -0.2) is 4.98 Å². The minimum Gasteiger partial charge on any atom is -0.474 e. The number of hydrogen-bond donors (Lipinski definition) is 1. The molecule has 0 spiro atoms. The lowest BCUT2D eigenvalue weighted by atomic mass is 10.1. The van der Waals surface area contributed by atoms with Crippen LogP contribution in [0.5, 0.6) is 5.88 Å². The normalized spacial score (nSPS) is 22.8. The molecule has 6 heteroatoms. The van der Waals surface area contributed by atoms with E-state index in [0.717, 1.165) is 17.6 Å². The quantitative estimate of drug-likeness (QED) is 0.922. The van der Waals surface area contributed by atoms with Gasteiger partial charge in [0.1, 0.15) is 17.7 Å². The summed E-state index contributed by atoms with van der Waals surface area (Å²) >= 11 is 9.33. The van der Waals surface area contributed by atoms with Crippen molar-refractivity contribution in [1.82, 2.24) is 10.3 Å². The first kappa shape index (κ1) is 14.1. The van der Waals surface area contributed by atoms with Crippen LogP contribution in [0.15, 0.2) is 16.7 Å². The van der Waals surface area contributed by atoms with Crippen LogP contribution in [0, 0.1) is 0 Å². The third-order valence-electron chi connectivity index (χ3n) is 2.59. The summed E-state index contributed by atoms with van der Waals surface area (Å²) in [5.74, 6) is 0.437. The average molecular weight is 336 g/mol. The van der Waals surface area contributed by atoms with E-state index in [1.165, 1.54) is 0 Å². The number of ether oxygens (including phenoxy) is 2. The standard InChI is InChI=1S/C12H16BrClN2O2/c1-12(2)7-15-5-9(18-12)6-17-11-10(14)3-8(13)4-16-11/h3-4,9,15H,5-7H2,1-2H3. The summed E-state index contributed by atoms with van der Waals surface area (Å²) < 4.78 is 12.3. The van der Waals surface area contributed by atoms with E-state index >= 15 is 0 Å². The molecule has 1 aliphatic rings. The molecule has 1 aliphatic heterocycles. The Bertz CT molecular complexity index is 429. The molecule has 0 bridgehead atoms. The summed E-state index contributed by atoms with van der Waals surface area (Å²) in [5.41, 5.74) is -0.163. The number of nitrogens with one attached hydrogen (secondary N) is 1. The Kier molecular flexibility index (Phi) is 4.48. The molecule has 0 amide bonds. The first-order valence-electron chi connectivity index (χ1n) is 5.79. The van der Waals surface area contributed by atoms with Gasteiger partial charge < -0.3 is 14.8 Å². The van der Waals surface area contributed by atoms with Gasteiger partial charge in [-0.1, -0.05) is 11.6 Å². The lowest BCUT2D eigenvalue weighted by molar-refractivity contribution is -0.107. The molecule has 0 aliphatic carbocycles. The highest BCUT2D eigenvalue weighted by Gasteiger charge is 2.28. The molecule has 1 aromatic heterocycles. The van der Waals surface area contributed by atoms with Crippen LogP contribution in [-0.4, -0.2) is 36.4 Å². The van der Waals surface area contributed by atoms with Crippen LogP contribution < -0.4 is 10.1 Å². The van der Waals surface area contributed by atoms with E-state index in [0.29, 0.717) is 17.5 Å². The Balaban J connectivity index is 1.91. The largest absolute Gasteiger partial charge is 0.474 e. The maximum Gasteiger partial charge on any atom is 0.232 e. The molecule has 100 valence electrons. The Morgan fingerprint density at radius 1 is 1.67 bits per heavy atom. The van der Waals surface area contributed by atoms with Crippen LogP contribution in [0.2, 0.25) is 5.02 Å². The van der Waals surface area contributed by atoms with E-state index in [4.69, 9.17) is 21.1 Å². The highest BCUT2D eigenvalue weighted by atomic mass is 79.9. The smallest absolute Gasteiger partial charge is 0.232 e. The van der Waals surface area contributed by atoms with E-state index in [-0.39, 0.29) is 11.7 Å². The van der Waals surface area contributed by atoms with Crippen LogP contribution in [0.4, 0.5) is 0 Å². The van der Waals surface area contributed by atoms with Gasteiger partial charge in [0.25, 0.3) is 0 Å². The minimum atomic E-state index is -0.163. The van der Waals surface area contributed by atoms with Crippen LogP contribution in [0.25, 0.3) is 0 Å². The van der Waals surface area contributed by atoms with Crippen molar-refractivity contribution in [3.63, 3.8) is 0 Å². The molecule has 0 radical (unpaired) electrons. The fraction of sp³-hybridized carbons (Fsp3) is 0.583. The van der Waals surface area contributed by atoms with Crippen molar-refractivity contribution in [2.45, 2.75) is 25.6 Å². The van der Waals surface area contributed by atoms with Gasteiger partial charge >= 0.3 is 0 Å². The van der Waals surface area contributed by atoms with Crippen molar-refractivity contribution >= 4 is 27.5 Å². The molecular weight excluding hydrogens is 320 g/mol. The molecule has 4 nitrogen and oxygen atoms in total. The molecule has 0 saturated carbocycles. The molecule has 1 unspecified atom stereocenters. The van der Waals surface area contributed by atoms with E-state index in [1.807, 2.05) is 0 Å². The Hall–Kier alpha value is -0.360. The van der Waals surface area contributed by atoms with Gasteiger partial charge in [-0.15, -0.1) is 0 Å². The maximum atomic E-state index is 6.03. The zero-order valence-corrected chi connectivity index (χ0v) is 12.7. The van der Waals surface area contributed by atoms with Gasteiger partial charge in [0, 0.05) is 23.8 Å². The number of hydrogen-bond acceptors (Lipinski definition) is 4. The summed E-state index contributed by atoms with van der Waals surface area (Å²) in [4.78, 5) is 4.12. The number of halogens is 2. The second-order valence-electron chi connectivity index (χ2n) is 4.88. The van der Waals surface area contributed by atoms with Crippen molar-refractivity contribution in [1.29, 1.82) is 0 Å². The van der Waals surface area contributed by atoms with Crippen molar-refractivity contribution in [3.05, 3.63) is 21.8 Å². The van der Waals surface area contributed by atoms with Crippen molar-refractivity contribution in [2.75, 3.05) is 19.7 Å². The van der Waals surface area contributed by atoms with Crippen LogP contribution in [0.1, 0.15) is 13.8 Å². The molecule has 1 aromatic rings. The van der Waals surface area contributed by atoms with Crippen molar-refractivity contribution in [2.24, 2.45) is 0 Å². The van der Waals surface area contributed by atoms with E-state index in [2.05, 4.69) is 40.1 Å². The maximum absolute atomic E-state index is 6.03. The molecular formula is C12H16BrClN2O2. The number of pyridine rings is 1. The second kappa shape index (κ2) is 5.74. The minimum absolute atomic E-state index is 0.00950. The zero-order valence-electron chi connectivity index (χ0n) is 10.4. The third kappa shape index (κ3) is 3.82. The zero-order chi connectivity index (χ0) is 13.2. The summed E-state index contributed by atoms with van der Waals surface area (Å²) in [7, 11) is 0. The lowest BCUT2D eigenvalue weighted by Gasteiger charge is -2.36. The number of nitrogens with zero attached hydrogens (tertiary/aromatic N) is 1. The predicted octanol–water partition coefficient (Wildman–Crippen LogP) is 2.64. The molecule has 1 saturated heterocycles.